The fourth-order valence-corrected chi connectivity index (χ4v) is 2.49. The number of aryl methyl sites for hydroxylation is 1. The van der Waals surface area contributed by atoms with Crippen LogP contribution in [-0.4, -0.2) is 46.4 Å². The summed E-state index contributed by atoms with van der Waals surface area (Å²) in [5.41, 5.74) is 2.33. The van der Waals surface area contributed by atoms with Gasteiger partial charge in [0.2, 0.25) is 5.91 Å². The molecule has 0 aliphatic carbocycles. The van der Waals surface area contributed by atoms with Crippen LogP contribution in [0.3, 0.4) is 0 Å². The van der Waals surface area contributed by atoms with Crippen LogP contribution >= 0.6 is 22.6 Å². The fourth-order valence-electron chi connectivity index (χ4n) is 2.01. The van der Waals surface area contributed by atoms with Crippen LogP contribution in [-0.2, 0) is 4.79 Å². The Hall–Kier alpha value is -0.850. The quantitative estimate of drug-likeness (QED) is 0.602. The Balaban J connectivity index is 1.97. The molecule has 0 N–H and O–H groups in total. The Morgan fingerprint density at radius 2 is 2.06 bits per heavy atom. The van der Waals surface area contributed by atoms with Crippen LogP contribution in [0, 0.1) is 6.92 Å². The monoisotopic (exact) mass is 345 g/mol. The number of piperazine rings is 1. The number of carbonyl (C=O) groups excluding carboxylic acids is 1. The first-order chi connectivity index (χ1) is 8.20. The second-order valence-corrected chi connectivity index (χ2v) is 4.98. The van der Waals surface area contributed by atoms with Crippen LogP contribution in [0.15, 0.2) is 18.5 Å². The van der Waals surface area contributed by atoms with Gasteiger partial charge in [-0.2, -0.15) is 0 Å². The lowest BCUT2D eigenvalue weighted by atomic mass is 10.2. The van der Waals surface area contributed by atoms with Gasteiger partial charge in [-0.3, -0.25) is 9.78 Å². The molecule has 0 bridgehead atoms. The molecule has 0 radical (unpaired) electrons. The second-order valence-electron chi connectivity index (χ2n) is 4.22. The molecule has 4 nitrogen and oxygen atoms in total. The van der Waals surface area contributed by atoms with E-state index in [1.807, 2.05) is 24.2 Å². The molecule has 2 rings (SSSR count). The normalized spacial score (nSPS) is 16.1. The molecule has 1 fully saturated rings. The lowest BCUT2D eigenvalue weighted by Gasteiger charge is -2.35. The zero-order valence-electron chi connectivity index (χ0n) is 9.90. The third-order valence-corrected chi connectivity index (χ3v) is 3.62. The number of amides is 1. The number of pyridine rings is 1. The molecule has 0 atom stereocenters. The van der Waals surface area contributed by atoms with Crippen molar-refractivity contribution in [2.45, 2.75) is 6.92 Å². The van der Waals surface area contributed by atoms with Crippen molar-refractivity contribution in [1.29, 1.82) is 0 Å². The molecule has 0 spiro atoms. The van der Waals surface area contributed by atoms with E-state index in [9.17, 15) is 4.79 Å². The molecule has 0 aromatic carbocycles. The van der Waals surface area contributed by atoms with Gasteiger partial charge in [0, 0.05) is 32.4 Å². The number of halogens is 1. The van der Waals surface area contributed by atoms with Gasteiger partial charge < -0.3 is 9.80 Å². The van der Waals surface area contributed by atoms with Gasteiger partial charge in [-0.25, -0.2) is 0 Å². The number of alkyl halides is 1. The summed E-state index contributed by atoms with van der Waals surface area (Å²) in [5, 5.41) is 0. The van der Waals surface area contributed by atoms with Crippen molar-refractivity contribution in [2.24, 2.45) is 0 Å². The molecular weight excluding hydrogens is 329 g/mol. The summed E-state index contributed by atoms with van der Waals surface area (Å²) in [6.45, 7) is 5.47. The van der Waals surface area contributed by atoms with Gasteiger partial charge >= 0.3 is 0 Å². The van der Waals surface area contributed by atoms with E-state index >= 15 is 0 Å². The van der Waals surface area contributed by atoms with E-state index in [4.69, 9.17) is 0 Å². The lowest BCUT2D eigenvalue weighted by molar-refractivity contribution is -0.128. The molecule has 2 heterocycles. The third kappa shape index (κ3) is 3.08. The summed E-state index contributed by atoms with van der Waals surface area (Å²) in [5.74, 6) is 0.243. The van der Waals surface area contributed by atoms with Crippen LogP contribution in [0.2, 0.25) is 0 Å². The van der Waals surface area contributed by atoms with Gasteiger partial charge in [0.05, 0.1) is 16.3 Å². The third-order valence-electron chi connectivity index (χ3n) is 2.97. The summed E-state index contributed by atoms with van der Waals surface area (Å²) in [6.07, 6.45) is 3.75. The minimum absolute atomic E-state index is 0.243. The van der Waals surface area contributed by atoms with Crippen molar-refractivity contribution in [2.75, 3.05) is 35.5 Å². The van der Waals surface area contributed by atoms with E-state index in [0.29, 0.717) is 4.43 Å². The molecule has 1 aromatic rings. The van der Waals surface area contributed by atoms with E-state index < -0.39 is 0 Å². The standard InChI is InChI=1S/C12H16IN3O/c1-10-6-11(9-14-8-10)15-2-4-16(5-3-15)12(17)7-13/h6,8-9H,2-5,7H2,1H3. The molecule has 0 unspecified atom stereocenters. The molecule has 5 heteroatoms. The average molecular weight is 345 g/mol. The van der Waals surface area contributed by atoms with Crippen molar-refractivity contribution >= 4 is 34.2 Å². The first-order valence-electron chi connectivity index (χ1n) is 5.71. The summed E-state index contributed by atoms with van der Waals surface area (Å²) in [7, 11) is 0. The summed E-state index contributed by atoms with van der Waals surface area (Å²) < 4.78 is 0.573. The van der Waals surface area contributed by atoms with Gasteiger partial charge in [0.1, 0.15) is 0 Å². The maximum atomic E-state index is 11.6. The predicted octanol–water partition coefficient (Wildman–Crippen LogP) is 1.47. The van der Waals surface area contributed by atoms with E-state index in [1.54, 1.807) is 0 Å². The number of nitrogens with zero attached hydrogens (tertiary/aromatic N) is 3. The number of hydrogen-bond acceptors (Lipinski definition) is 3. The minimum Gasteiger partial charge on any atom is -0.367 e. The van der Waals surface area contributed by atoms with E-state index in [1.165, 1.54) is 5.56 Å². The minimum atomic E-state index is 0.243. The molecular formula is C12H16IN3O. The average Bonchev–Trinajstić information content (AvgIpc) is 2.38. The number of hydrogen-bond donors (Lipinski definition) is 0. The first-order valence-corrected chi connectivity index (χ1v) is 7.23. The van der Waals surface area contributed by atoms with Crippen molar-refractivity contribution in [1.82, 2.24) is 9.88 Å². The van der Waals surface area contributed by atoms with Crippen LogP contribution in [0.5, 0.6) is 0 Å². The van der Waals surface area contributed by atoms with Crippen molar-refractivity contribution in [3.05, 3.63) is 24.0 Å². The van der Waals surface area contributed by atoms with Gasteiger partial charge in [-0.05, 0) is 18.6 Å². The summed E-state index contributed by atoms with van der Waals surface area (Å²) in [6, 6.07) is 2.14. The van der Waals surface area contributed by atoms with Gasteiger partial charge in [0.25, 0.3) is 0 Å². The molecule has 1 aromatic heterocycles. The summed E-state index contributed by atoms with van der Waals surface area (Å²) in [4.78, 5) is 20.0. The van der Waals surface area contributed by atoms with Crippen molar-refractivity contribution in [3.63, 3.8) is 0 Å². The van der Waals surface area contributed by atoms with Gasteiger partial charge in [-0.1, -0.05) is 22.6 Å². The largest absolute Gasteiger partial charge is 0.367 e. The predicted molar refractivity (Wildman–Crippen MR) is 76.7 cm³/mol. The maximum absolute atomic E-state index is 11.6. The van der Waals surface area contributed by atoms with Crippen molar-refractivity contribution < 1.29 is 4.79 Å². The molecule has 0 saturated carbocycles. The zero-order valence-corrected chi connectivity index (χ0v) is 12.1. The molecule has 1 saturated heterocycles. The van der Waals surface area contributed by atoms with Crippen molar-refractivity contribution in [3.8, 4) is 0 Å². The van der Waals surface area contributed by atoms with E-state index in [0.717, 1.165) is 31.9 Å². The van der Waals surface area contributed by atoms with Gasteiger partial charge in [0.15, 0.2) is 0 Å². The summed E-state index contributed by atoms with van der Waals surface area (Å²) >= 11 is 2.12. The van der Waals surface area contributed by atoms with Crippen LogP contribution in [0.25, 0.3) is 0 Å². The molecule has 1 aliphatic heterocycles. The van der Waals surface area contributed by atoms with Crippen LogP contribution < -0.4 is 4.90 Å². The van der Waals surface area contributed by atoms with E-state index in [-0.39, 0.29) is 5.91 Å². The molecule has 1 amide bonds. The second kappa shape index (κ2) is 5.66. The fraction of sp³-hybridized carbons (Fsp3) is 0.500. The Morgan fingerprint density at radius 1 is 1.35 bits per heavy atom. The molecule has 92 valence electrons. The number of anilines is 1. The highest BCUT2D eigenvalue weighted by atomic mass is 127. The van der Waals surface area contributed by atoms with Crippen LogP contribution in [0.1, 0.15) is 5.56 Å². The Labute approximate surface area is 115 Å². The maximum Gasteiger partial charge on any atom is 0.232 e. The van der Waals surface area contributed by atoms with Gasteiger partial charge in [-0.15, -0.1) is 0 Å². The van der Waals surface area contributed by atoms with Crippen LogP contribution in [0.4, 0.5) is 5.69 Å². The number of carbonyl (C=O) groups is 1. The number of aromatic nitrogens is 1. The smallest absolute Gasteiger partial charge is 0.232 e. The SMILES string of the molecule is Cc1cncc(N2CCN(C(=O)CI)CC2)c1. The Bertz CT molecular complexity index is 402. The zero-order chi connectivity index (χ0) is 12.3. The number of rotatable bonds is 2. The highest BCUT2D eigenvalue weighted by Crippen LogP contribution is 2.16. The Morgan fingerprint density at radius 3 is 2.65 bits per heavy atom. The first kappa shape index (κ1) is 12.6. The van der Waals surface area contributed by atoms with E-state index in [2.05, 4.69) is 38.5 Å². The highest BCUT2D eigenvalue weighted by Gasteiger charge is 2.20. The highest BCUT2D eigenvalue weighted by molar-refractivity contribution is 14.1. The molecule has 17 heavy (non-hydrogen) atoms. The Kier molecular flexibility index (Phi) is 4.20. The molecule has 1 aliphatic rings. The topological polar surface area (TPSA) is 36.4 Å². The lowest BCUT2D eigenvalue weighted by Crippen LogP contribution is -2.49.